The Labute approximate surface area is 196 Å². The molecule has 2 unspecified atom stereocenters. The topological polar surface area (TPSA) is 283 Å². The molecule has 2 aliphatic heterocycles. The minimum atomic E-state index is -5.52. The molecule has 1 aromatic rings. The van der Waals surface area contributed by atoms with Gasteiger partial charge in [-0.1, -0.05) is 0 Å². The van der Waals surface area contributed by atoms with Gasteiger partial charge in [-0.15, -0.1) is 0 Å². The van der Waals surface area contributed by atoms with Crippen LogP contribution in [0.4, 0.5) is 5.82 Å². The summed E-state index contributed by atoms with van der Waals surface area (Å²) in [5, 5.41) is 48.5. The number of ether oxygens (including phenoxy) is 2. The molecule has 2 saturated heterocycles. The number of phosphoric ester groups is 2. The van der Waals surface area contributed by atoms with Gasteiger partial charge in [0.2, 0.25) is 0 Å². The highest BCUT2D eigenvalue weighted by Gasteiger charge is 2.48. The van der Waals surface area contributed by atoms with E-state index in [1.54, 1.807) is 0 Å². The van der Waals surface area contributed by atoms with Crippen LogP contribution in [0.5, 0.6) is 0 Å². The SMILES string of the molecule is Nc1ccn([C@H]2C[C@H](O)[C@@H](COP(=O)(O)OP(=O)(O)O[C@H]3O[C@H](CO)[C@@H](O)[C@H](O)[C@H]3O)O2)c(=O)n1. The lowest BCUT2D eigenvalue weighted by atomic mass is 10.00. The minimum Gasteiger partial charge on any atom is -0.394 e. The number of anilines is 1. The van der Waals surface area contributed by atoms with E-state index in [0.29, 0.717) is 0 Å². The number of rotatable bonds is 9. The van der Waals surface area contributed by atoms with E-state index in [-0.39, 0.29) is 12.2 Å². The summed E-state index contributed by atoms with van der Waals surface area (Å²) >= 11 is 0. The van der Waals surface area contributed by atoms with Gasteiger partial charge in [0.25, 0.3) is 0 Å². The van der Waals surface area contributed by atoms with Crippen LogP contribution in [-0.4, -0.2) is 101 Å². The lowest BCUT2D eigenvalue weighted by molar-refractivity contribution is -0.280. The van der Waals surface area contributed by atoms with E-state index in [0.717, 1.165) is 4.57 Å². The van der Waals surface area contributed by atoms with E-state index in [4.69, 9.17) is 20.3 Å². The predicted octanol–water partition coefficient (Wildman–Crippen LogP) is -3.48. The molecule has 0 amide bonds. The summed E-state index contributed by atoms with van der Waals surface area (Å²) in [5.74, 6) is -0.0394. The van der Waals surface area contributed by atoms with Crippen LogP contribution in [-0.2, 0) is 32.0 Å². The highest BCUT2D eigenvalue weighted by Crippen LogP contribution is 2.61. The number of nitrogens with two attached hydrogens (primary N) is 1. The molecule has 0 saturated carbocycles. The lowest BCUT2D eigenvalue weighted by Crippen LogP contribution is -2.58. The van der Waals surface area contributed by atoms with Crippen LogP contribution in [0.15, 0.2) is 17.1 Å². The molecule has 10 atom stereocenters. The molecule has 0 aliphatic carbocycles. The van der Waals surface area contributed by atoms with Crippen molar-refractivity contribution in [2.75, 3.05) is 18.9 Å². The summed E-state index contributed by atoms with van der Waals surface area (Å²) in [6.07, 6.45) is -11.9. The van der Waals surface area contributed by atoms with Crippen LogP contribution in [0.2, 0.25) is 0 Å². The molecule has 2 fully saturated rings. The maximum atomic E-state index is 12.2. The number of nitrogen functional groups attached to an aromatic ring is 1. The van der Waals surface area contributed by atoms with Crippen molar-refractivity contribution in [3.8, 4) is 0 Å². The molecule has 0 radical (unpaired) electrons. The number of phosphoric acid groups is 2. The molecule has 0 aromatic carbocycles. The van der Waals surface area contributed by atoms with E-state index in [2.05, 4.69) is 18.3 Å². The maximum absolute atomic E-state index is 12.2. The van der Waals surface area contributed by atoms with Gasteiger partial charge in [0.15, 0.2) is 6.29 Å². The van der Waals surface area contributed by atoms with Crippen LogP contribution >= 0.6 is 15.6 Å². The lowest BCUT2D eigenvalue weighted by Gasteiger charge is -2.39. The Morgan fingerprint density at radius 1 is 1.09 bits per heavy atom. The van der Waals surface area contributed by atoms with E-state index >= 15 is 0 Å². The third-order valence-electron chi connectivity index (χ3n) is 5.06. The summed E-state index contributed by atoms with van der Waals surface area (Å²) in [4.78, 5) is 35.0. The van der Waals surface area contributed by atoms with Crippen LogP contribution < -0.4 is 11.4 Å². The highest BCUT2D eigenvalue weighted by molar-refractivity contribution is 7.61. The van der Waals surface area contributed by atoms with Crippen molar-refractivity contribution in [3.05, 3.63) is 22.7 Å². The Kier molecular flexibility index (Phi) is 8.84. The van der Waals surface area contributed by atoms with Crippen molar-refractivity contribution in [2.45, 2.75) is 55.6 Å². The number of hydrogen-bond donors (Lipinski definition) is 8. The molecular formula is C15H25N3O15P2. The Bertz CT molecular complexity index is 1040. The van der Waals surface area contributed by atoms with Gasteiger partial charge in [-0.3, -0.25) is 13.6 Å². The molecule has 2 aliphatic rings. The normalized spacial score (nSPS) is 37.0. The largest absolute Gasteiger partial charge is 0.483 e. The first-order chi connectivity index (χ1) is 16.2. The Morgan fingerprint density at radius 2 is 1.77 bits per heavy atom. The molecule has 35 heavy (non-hydrogen) atoms. The van der Waals surface area contributed by atoms with Crippen molar-refractivity contribution >= 4 is 21.5 Å². The monoisotopic (exact) mass is 549 g/mol. The van der Waals surface area contributed by atoms with Crippen molar-refractivity contribution in [1.29, 1.82) is 0 Å². The van der Waals surface area contributed by atoms with Gasteiger partial charge in [-0.05, 0) is 6.07 Å². The van der Waals surface area contributed by atoms with E-state index in [1.165, 1.54) is 12.3 Å². The molecular weight excluding hydrogens is 524 g/mol. The Balaban J connectivity index is 1.57. The van der Waals surface area contributed by atoms with Crippen molar-refractivity contribution in [2.24, 2.45) is 0 Å². The summed E-state index contributed by atoms with van der Waals surface area (Å²) in [6.45, 7) is -1.70. The zero-order valence-electron chi connectivity index (χ0n) is 17.7. The fourth-order valence-electron chi connectivity index (χ4n) is 3.31. The van der Waals surface area contributed by atoms with E-state index < -0.39 is 83.7 Å². The minimum absolute atomic E-state index is 0.0394. The van der Waals surface area contributed by atoms with Crippen LogP contribution in [0, 0.1) is 0 Å². The average Bonchev–Trinajstić information content (AvgIpc) is 3.12. The summed E-state index contributed by atoms with van der Waals surface area (Å²) in [7, 11) is -10.9. The first-order valence-corrected chi connectivity index (χ1v) is 12.9. The van der Waals surface area contributed by atoms with E-state index in [9.17, 15) is 44.1 Å². The second-order valence-corrected chi connectivity index (χ2v) is 10.6. The number of nitrogens with zero attached hydrogens (tertiary/aromatic N) is 2. The number of aliphatic hydroxyl groups excluding tert-OH is 5. The maximum Gasteiger partial charge on any atom is 0.483 e. The van der Waals surface area contributed by atoms with Crippen LogP contribution in [0.3, 0.4) is 0 Å². The van der Waals surface area contributed by atoms with Crippen molar-refractivity contribution in [3.63, 3.8) is 0 Å². The molecule has 20 heteroatoms. The van der Waals surface area contributed by atoms with Crippen LogP contribution in [0.1, 0.15) is 12.6 Å². The smallest absolute Gasteiger partial charge is 0.394 e. The van der Waals surface area contributed by atoms with Gasteiger partial charge < -0.3 is 50.5 Å². The number of hydrogen-bond acceptors (Lipinski definition) is 15. The van der Waals surface area contributed by atoms with E-state index in [1.807, 2.05) is 0 Å². The molecule has 9 N–H and O–H groups in total. The summed E-state index contributed by atoms with van der Waals surface area (Å²) in [5.41, 5.74) is 4.63. The second-order valence-electron chi connectivity index (χ2n) is 7.59. The third-order valence-corrected chi connectivity index (χ3v) is 7.66. The molecule has 0 bridgehead atoms. The first kappa shape index (κ1) is 28.2. The van der Waals surface area contributed by atoms with Crippen LogP contribution in [0.25, 0.3) is 0 Å². The first-order valence-electron chi connectivity index (χ1n) is 9.91. The van der Waals surface area contributed by atoms with Gasteiger partial charge in [0, 0.05) is 12.6 Å². The summed E-state index contributed by atoms with van der Waals surface area (Å²) in [6, 6.07) is 1.31. The number of aliphatic hydroxyl groups is 5. The highest BCUT2D eigenvalue weighted by atomic mass is 31.3. The standard InChI is InChI=1S/C15H25N3O15P2/c16-9-1-2-18(15(24)17-9)10-3-6(20)8(30-10)5-29-34(25,26)33-35(27,28)32-14-13(23)12(22)11(21)7(4-19)31-14/h1-2,6-8,10-14,19-23H,3-5H2,(H,25,26)(H,27,28)(H2,16,17,24)/t6-,7+,8+,10+,11+,12-,13+,14+/m0/s1. The van der Waals surface area contributed by atoms with Gasteiger partial charge >= 0.3 is 21.3 Å². The molecule has 3 rings (SSSR count). The van der Waals surface area contributed by atoms with Crippen molar-refractivity contribution < 1.29 is 67.3 Å². The zero-order valence-corrected chi connectivity index (χ0v) is 19.4. The Morgan fingerprint density at radius 3 is 2.40 bits per heavy atom. The molecule has 18 nitrogen and oxygen atoms in total. The van der Waals surface area contributed by atoms with Gasteiger partial charge in [-0.2, -0.15) is 9.29 Å². The molecule has 3 heterocycles. The van der Waals surface area contributed by atoms with Crippen molar-refractivity contribution in [1.82, 2.24) is 9.55 Å². The average molecular weight is 549 g/mol. The van der Waals surface area contributed by atoms with Gasteiger partial charge in [0.1, 0.15) is 42.6 Å². The Hall–Kier alpha value is -1.34. The zero-order chi connectivity index (χ0) is 26.1. The predicted molar refractivity (Wildman–Crippen MR) is 109 cm³/mol. The van der Waals surface area contributed by atoms with Gasteiger partial charge in [0.05, 0.1) is 19.3 Å². The molecule has 200 valence electrons. The quantitative estimate of drug-likeness (QED) is 0.139. The van der Waals surface area contributed by atoms with Gasteiger partial charge in [-0.25, -0.2) is 13.9 Å². The molecule has 0 spiro atoms. The fraction of sp³-hybridized carbons (Fsp3) is 0.733. The fourth-order valence-corrected chi connectivity index (χ4v) is 5.47. The second kappa shape index (κ2) is 11.0. The number of aromatic nitrogens is 2. The molecule has 1 aromatic heterocycles. The summed E-state index contributed by atoms with van der Waals surface area (Å²) < 4.78 is 48.7. The third kappa shape index (κ3) is 6.91.